The van der Waals surface area contributed by atoms with Gasteiger partial charge in [0.1, 0.15) is 0 Å². The molecule has 17 heavy (non-hydrogen) atoms. The van der Waals surface area contributed by atoms with E-state index in [9.17, 15) is 4.79 Å². The van der Waals surface area contributed by atoms with Crippen LogP contribution in [0, 0.1) is 5.41 Å². The second-order valence-corrected chi connectivity index (χ2v) is 5.64. The van der Waals surface area contributed by atoms with Crippen LogP contribution in [0.15, 0.2) is 0 Å². The third kappa shape index (κ3) is 5.50. The lowest BCUT2D eigenvalue weighted by Gasteiger charge is -2.37. The van der Waals surface area contributed by atoms with Crippen molar-refractivity contribution in [3.05, 3.63) is 0 Å². The summed E-state index contributed by atoms with van der Waals surface area (Å²) >= 11 is 0. The van der Waals surface area contributed by atoms with Crippen molar-refractivity contribution >= 4 is 5.91 Å². The van der Waals surface area contributed by atoms with E-state index in [1.807, 2.05) is 0 Å². The average molecular weight is 241 g/mol. The van der Waals surface area contributed by atoms with Crippen molar-refractivity contribution < 1.29 is 4.79 Å². The van der Waals surface area contributed by atoms with E-state index in [1.165, 1.54) is 12.8 Å². The molecule has 0 unspecified atom stereocenters. The van der Waals surface area contributed by atoms with E-state index in [4.69, 9.17) is 5.73 Å². The molecule has 0 aromatic carbocycles. The predicted molar refractivity (Wildman–Crippen MR) is 70.8 cm³/mol. The Morgan fingerprint density at radius 2 is 2.00 bits per heavy atom. The molecule has 1 amide bonds. The molecule has 0 aliphatic carbocycles. The molecule has 1 heterocycles. The third-order valence-electron chi connectivity index (χ3n) is 3.76. The van der Waals surface area contributed by atoms with Gasteiger partial charge in [-0.1, -0.05) is 6.92 Å². The van der Waals surface area contributed by atoms with Crippen LogP contribution in [-0.4, -0.2) is 44.0 Å². The van der Waals surface area contributed by atoms with E-state index in [2.05, 4.69) is 24.2 Å². The molecule has 100 valence electrons. The highest BCUT2D eigenvalue weighted by molar-refractivity contribution is 5.75. The molecule has 0 saturated carbocycles. The van der Waals surface area contributed by atoms with Gasteiger partial charge in [-0.3, -0.25) is 4.79 Å². The van der Waals surface area contributed by atoms with Crippen LogP contribution in [0.3, 0.4) is 0 Å². The number of carbonyl (C=O) groups is 1. The Labute approximate surface area is 105 Å². The highest BCUT2D eigenvalue weighted by atomic mass is 16.1. The molecule has 0 atom stereocenters. The zero-order valence-electron chi connectivity index (χ0n) is 11.3. The molecule has 4 nitrogen and oxygen atoms in total. The quantitative estimate of drug-likeness (QED) is 0.681. The molecule has 0 aromatic rings. The van der Waals surface area contributed by atoms with Gasteiger partial charge in [0, 0.05) is 13.0 Å². The summed E-state index contributed by atoms with van der Waals surface area (Å²) in [6, 6.07) is 0. The van der Waals surface area contributed by atoms with Crippen LogP contribution in [0.5, 0.6) is 0 Å². The fourth-order valence-corrected chi connectivity index (χ4v) is 2.17. The fraction of sp³-hybridized carbons (Fsp3) is 0.923. The Kier molecular flexibility index (Phi) is 5.92. The number of carbonyl (C=O) groups excluding carboxylic acids is 1. The number of nitrogens with one attached hydrogen (secondary N) is 1. The smallest absolute Gasteiger partial charge is 0.220 e. The standard InChI is InChI=1S/C13H27N3O/c1-13(6-9-16(2)10-7-13)11-15-12(17)5-3-4-8-14/h3-11,14H2,1-2H3,(H,15,17). The van der Waals surface area contributed by atoms with E-state index in [0.717, 1.165) is 32.5 Å². The molecule has 4 heteroatoms. The van der Waals surface area contributed by atoms with Gasteiger partial charge in [0.15, 0.2) is 0 Å². The Hall–Kier alpha value is -0.610. The largest absolute Gasteiger partial charge is 0.356 e. The van der Waals surface area contributed by atoms with Gasteiger partial charge in [-0.05, 0) is 57.8 Å². The first-order chi connectivity index (χ1) is 8.06. The van der Waals surface area contributed by atoms with Crippen molar-refractivity contribution in [2.75, 3.05) is 33.2 Å². The fourth-order valence-electron chi connectivity index (χ4n) is 2.17. The normalized spacial score (nSPS) is 20.2. The molecule has 1 aliphatic heterocycles. The number of hydrogen-bond donors (Lipinski definition) is 2. The van der Waals surface area contributed by atoms with Crippen molar-refractivity contribution in [3.63, 3.8) is 0 Å². The minimum atomic E-state index is 0.179. The molecule has 0 bridgehead atoms. The topological polar surface area (TPSA) is 58.4 Å². The van der Waals surface area contributed by atoms with Crippen LogP contribution in [0.1, 0.15) is 39.0 Å². The molecule has 0 spiro atoms. The second-order valence-electron chi connectivity index (χ2n) is 5.64. The molecule has 1 aliphatic rings. The number of hydrogen-bond acceptors (Lipinski definition) is 3. The van der Waals surface area contributed by atoms with Crippen LogP contribution in [0.2, 0.25) is 0 Å². The van der Waals surface area contributed by atoms with Gasteiger partial charge in [-0.25, -0.2) is 0 Å². The second kappa shape index (κ2) is 6.97. The summed E-state index contributed by atoms with van der Waals surface area (Å²) in [4.78, 5) is 14.0. The first-order valence-corrected chi connectivity index (χ1v) is 6.71. The zero-order valence-corrected chi connectivity index (χ0v) is 11.3. The van der Waals surface area contributed by atoms with Crippen LogP contribution >= 0.6 is 0 Å². The molecule has 1 fully saturated rings. The summed E-state index contributed by atoms with van der Waals surface area (Å²) in [5.41, 5.74) is 5.69. The monoisotopic (exact) mass is 241 g/mol. The zero-order chi connectivity index (χ0) is 12.7. The van der Waals surface area contributed by atoms with Crippen molar-refractivity contribution in [1.29, 1.82) is 0 Å². The number of amides is 1. The van der Waals surface area contributed by atoms with Gasteiger partial charge in [-0.15, -0.1) is 0 Å². The highest BCUT2D eigenvalue weighted by Gasteiger charge is 2.28. The predicted octanol–water partition coefficient (Wildman–Crippen LogP) is 0.964. The molecular weight excluding hydrogens is 214 g/mol. The molecule has 1 saturated heterocycles. The Bertz CT molecular complexity index is 235. The molecule has 1 rings (SSSR count). The number of likely N-dealkylation sites (tertiary alicyclic amines) is 1. The number of unbranched alkanes of at least 4 members (excludes halogenated alkanes) is 1. The highest BCUT2D eigenvalue weighted by Crippen LogP contribution is 2.29. The van der Waals surface area contributed by atoms with Gasteiger partial charge in [0.2, 0.25) is 5.91 Å². The van der Waals surface area contributed by atoms with Gasteiger partial charge < -0.3 is 16.0 Å². The van der Waals surface area contributed by atoms with Gasteiger partial charge >= 0.3 is 0 Å². The maximum atomic E-state index is 11.6. The van der Waals surface area contributed by atoms with Crippen molar-refractivity contribution in [1.82, 2.24) is 10.2 Å². The minimum absolute atomic E-state index is 0.179. The van der Waals surface area contributed by atoms with E-state index in [1.54, 1.807) is 0 Å². The minimum Gasteiger partial charge on any atom is -0.356 e. The third-order valence-corrected chi connectivity index (χ3v) is 3.76. The maximum Gasteiger partial charge on any atom is 0.220 e. The Morgan fingerprint density at radius 1 is 1.35 bits per heavy atom. The first kappa shape index (κ1) is 14.5. The number of rotatable bonds is 6. The summed E-state index contributed by atoms with van der Waals surface area (Å²) in [5, 5.41) is 3.07. The average Bonchev–Trinajstić information content (AvgIpc) is 2.32. The summed E-state index contributed by atoms with van der Waals surface area (Å²) in [6.07, 6.45) is 4.81. The molecule has 3 N–H and O–H groups in total. The van der Waals surface area contributed by atoms with Crippen LogP contribution in [-0.2, 0) is 4.79 Å². The van der Waals surface area contributed by atoms with Crippen LogP contribution in [0.25, 0.3) is 0 Å². The lowest BCUT2D eigenvalue weighted by Crippen LogP contribution is -2.43. The molecule has 0 aromatic heterocycles. The van der Waals surface area contributed by atoms with Crippen LogP contribution < -0.4 is 11.1 Å². The number of nitrogens with zero attached hydrogens (tertiary/aromatic N) is 1. The van der Waals surface area contributed by atoms with E-state index in [0.29, 0.717) is 13.0 Å². The SMILES string of the molecule is CN1CCC(C)(CNC(=O)CCCCN)CC1. The number of nitrogens with two attached hydrogens (primary N) is 1. The lowest BCUT2D eigenvalue weighted by molar-refractivity contribution is -0.121. The number of piperidine rings is 1. The van der Waals surface area contributed by atoms with Gasteiger partial charge in [0.25, 0.3) is 0 Å². The summed E-state index contributed by atoms with van der Waals surface area (Å²) < 4.78 is 0. The molecular formula is C13H27N3O. The Balaban J connectivity index is 2.18. The lowest BCUT2D eigenvalue weighted by atomic mass is 9.80. The van der Waals surface area contributed by atoms with Gasteiger partial charge in [-0.2, -0.15) is 0 Å². The Morgan fingerprint density at radius 3 is 2.59 bits per heavy atom. The maximum absolute atomic E-state index is 11.6. The van der Waals surface area contributed by atoms with E-state index < -0.39 is 0 Å². The van der Waals surface area contributed by atoms with Gasteiger partial charge in [0.05, 0.1) is 0 Å². The van der Waals surface area contributed by atoms with E-state index >= 15 is 0 Å². The van der Waals surface area contributed by atoms with Crippen molar-refractivity contribution in [3.8, 4) is 0 Å². The first-order valence-electron chi connectivity index (χ1n) is 6.71. The summed E-state index contributed by atoms with van der Waals surface area (Å²) in [6.45, 7) is 6.05. The van der Waals surface area contributed by atoms with Crippen molar-refractivity contribution in [2.45, 2.75) is 39.0 Å². The van der Waals surface area contributed by atoms with Crippen LogP contribution in [0.4, 0.5) is 0 Å². The van der Waals surface area contributed by atoms with Crippen molar-refractivity contribution in [2.24, 2.45) is 11.1 Å². The summed E-state index contributed by atoms with van der Waals surface area (Å²) in [5.74, 6) is 0.179. The van der Waals surface area contributed by atoms with E-state index in [-0.39, 0.29) is 11.3 Å². The summed E-state index contributed by atoms with van der Waals surface area (Å²) in [7, 11) is 2.16. The molecule has 0 radical (unpaired) electrons.